The van der Waals surface area contributed by atoms with Crippen LogP contribution in [0.5, 0.6) is 0 Å². The van der Waals surface area contributed by atoms with Crippen LogP contribution < -0.4 is 0 Å². The maximum atomic E-state index is 13.7. The Morgan fingerprint density at radius 2 is 2.07 bits per heavy atom. The molecule has 4 rings (SSSR count). The van der Waals surface area contributed by atoms with Crippen molar-refractivity contribution in [2.45, 2.75) is 37.4 Å². The van der Waals surface area contributed by atoms with Crippen molar-refractivity contribution in [2.24, 2.45) is 5.92 Å². The highest BCUT2D eigenvalue weighted by Gasteiger charge is 2.49. The third-order valence-corrected chi connectivity index (χ3v) is 7.87. The van der Waals surface area contributed by atoms with Gasteiger partial charge in [0, 0.05) is 17.0 Å². The van der Waals surface area contributed by atoms with Gasteiger partial charge in [0.1, 0.15) is 4.75 Å². The van der Waals surface area contributed by atoms with E-state index in [0.717, 1.165) is 5.39 Å². The fourth-order valence-electron chi connectivity index (χ4n) is 3.82. The van der Waals surface area contributed by atoms with Gasteiger partial charge in [-0.1, -0.05) is 42.5 Å². The largest absolute Gasteiger partial charge is 0.466 e. The molecule has 0 bridgehead atoms. The molecule has 1 unspecified atom stereocenters. The van der Waals surface area contributed by atoms with E-state index in [2.05, 4.69) is 0 Å². The SMILES string of the molecule is CCOC(=O)[C@@H]1C[C@H]1c1cc2ccccc2n1S(=O)(=O)C1(C)C=CC=CC1. The van der Waals surface area contributed by atoms with Crippen LogP contribution in [0.25, 0.3) is 10.9 Å². The summed E-state index contributed by atoms with van der Waals surface area (Å²) in [5.74, 6) is -0.640. The Kier molecular flexibility index (Phi) is 4.26. The minimum Gasteiger partial charge on any atom is -0.466 e. The molecule has 1 aromatic carbocycles. The van der Waals surface area contributed by atoms with E-state index < -0.39 is 14.8 Å². The number of hydrogen-bond donors (Lipinski definition) is 0. The van der Waals surface area contributed by atoms with E-state index in [1.807, 2.05) is 42.5 Å². The zero-order valence-corrected chi connectivity index (χ0v) is 16.3. The lowest BCUT2D eigenvalue weighted by Gasteiger charge is -2.28. The summed E-state index contributed by atoms with van der Waals surface area (Å²) >= 11 is 0. The average molecular weight is 385 g/mol. The summed E-state index contributed by atoms with van der Waals surface area (Å²) in [4.78, 5) is 12.1. The van der Waals surface area contributed by atoms with Crippen LogP contribution in [-0.2, 0) is 19.6 Å². The molecule has 142 valence electrons. The first-order valence-corrected chi connectivity index (χ1v) is 10.7. The molecule has 27 heavy (non-hydrogen) atoms. The van der Waals surface area contributed by atoms with Crippen LogP contribution in [-0.4, -0.2) is 29.7 Å². The third-order valence-electron chi connectivity index (χ3n) is 5.50. The Labute approximate surface area is 159 Å². The number of rotatable bonds is 5. The highest BCUT2D eigenvalue weighted by Crippen LogP contribution is 2.50. The van der Waals surface area contributed by atoms with Gasteiger partial charge in [0.25, 0.3) is 0 Å². The van der Waals surface area contributed by atoms with Crippen LogP contribution in [0, 0.1) is 5.92 Å². The van der Waals surface area contributed by atoms with Gasteiger partial charge in [-0.25, -0.2) is 12.4 Å². The zero-order valence-electron chi connectivity index (χ0n) is 15.5. The van der Waals surface area contributed by atoms with Crippen LogP contribution in [0.15, 0.2) is 54.6 Å². The Balaban J connectivity index is 1.84. The van der Waals surface area contributed by atoms with Gasteiger partial charge >= 0.3 is 5.97 Å². The number of carbonyl (C=O) groups is 1. The fourth-order valence-corrected chi connectivity index (χ4v) is 5.68. The molecule has 1 saturated carbocycles. The van der Waals surface area contributed by atoms with Crippen molar-refractivity contribution in [2.75, 3.05) is 6.61 Å². The molecular weight excluding hydrogens is 362 g/mol. The summed E-state index contributed by atoms with van der Waals surface area (Å²) in [5.41, 5.74) is 1.34. The number of allylic oxidation sites excluding steroid dienone is 3. The predicted molar refractivity (Wildman–Crippen MR) is 105 cm³/mol. The minimum atomic E-state index is -3.72. The molecule has 2 aromatic rings. The van der Waals surface area contributed by atoms with Gasteiger partial charge in [-0.2, -0.15) is 0 Å². The predicted octanol–water partition coefficient (Wildman–Crippen LogP) is 3.76. The van der Waals surface area contributed by atoms with Crippen molar-refractivity contribution in [1.82, 2.24) is 3.97 Å². The van der Waals surface area contributed by atoms with E-state index in [1.165, 1.54) is 3.97 Å². The molecular formula is C21H23NO4S. The van der Waals surface area contributed by atoms with Gasteiger partial charge in [-0.15, -0.1) is 0 Å². The second kappa shape index (κ2) is 6.37. The number of carbonyl (C=O) groups excluding carboxylic acids is 1. The van der Waals surface area contributed by atoms with Gasteiger partial charge in [-0.3, -0.25) is 4.79 Å². The number of benzene rings is 1. The summed E-state index contributed by atoms with van der Waals surface area (Å²) in [6.45, 7) is 3.86. The van der Waals surface area contributed by atoms with Crippen molar-refractivity contribution in [3.63, 3.8) is 0 Å². The van der Waals surface area contributed by atoms with Crippen LogP contribution in [0.1, 0.15) is 38.3 Å². The van der Waals surface area contributed by atoms with Gasteiger partial charge in [0.2, 0.25) is 10.0 Å². The number of esters is 1. The Morgan fingerprint density at radius 3 is 2.78 bits per heavy atom. The maximum Gasteiger partial charge on any atom is 0.309 e. The van der Waals surface area contributed by atoms with E-state index >= 15 is 0 Å². The molecule has 2 aliphatic rings. The van der Waals surface area contributed by atoms with Crippen molar-refractivity contribution in [3.05, 3.63) is 60.3 Å². The number of para-hydroxylation sites is 1. The first-order valence-electron chi connectivity index (χ1n) is 9.25. The summed E-state index contributed by atoms with van der Waals surface area (Å²) < 4.78 is 33.0. The van der Waals surface area contributed by atoms with E-state index in [4.69, 9.17) is 4.74 Å². The topological polar surface area (TPSA) is 65.4 Å². The Hall–Kier alpha value is -2.34. The highest BCUT2D eigenvalue weighted by atomic mass is 32.2. The van der Waals surface area contributed by atoms with Gasteiger partial charge < -0.3 is 4.74 Å². The van der Waals surface area contributed by atoms with E-state index in [0.29, 0.717) is 30.7 Å². The average Bonchev–Trinajstić information content (AvgIpc) is 3.35. The Bertz CT molecular complexity index is 1060. The van der Waals surface area contributed by atoms with Crippen LogP contribution in [0.3, 0.4) is 0 Å². The molecule has 3 atom stereocenters. The van der Waals surface area contributed by atoms with Crippen LogP contribution in [0.2, 0.25) is 0 Å². The molecule has 1 aromatic heterocycles. The number of aromatic nitrogens is 1. The number of hydrogen-bond acceptors (Lipinski definition) is 4. The molecule has 6 heteroatoms. The summed E-state index contributed by atoms with van der Waals surface area (Å²) in [6.07, 6.45) is 8.31. The van der Waals surface area contributed by atoms with Gasteiger partial charge in [0.15, 0.2) is 0 Å². The molecule has 0 amide bonds. The molecule has 0 aliphatic heterocycles. The molecule has 5 nitrogen and oxygen atoms in total. The lowest BCUT2D eigenvalue weighted by atomic mass is 10.0. The molecule has 0 radical (unpaired) electrons. The summed E-state index contributed by atoms with van der Waals surface area (Å²) in [6, 6.07) is 9.37. The van der Waals surface area contributed by atoms with Crippen LogP contribution >= 0.6 is 0 Å². The number of ether oxygens (including phenoxy) is 1. The molecule has 1 heterocycles. The zero-order chi connectivity index (χ0) is 19.2. The molecule has 1 fully saturated rings. The number of fused-ring (bicyclic) bond motifs is 1. The van der Waals surface area contributed by atoms with Crippen molar-refractivity contribution < 1.29 is 17.9 Å². The highest BCUT2D eigenvalue weighted by molar-refractivity contribution is 7.91. The first kappa shape index (κ1) is 18.0. The lowest BCUT2D eigenvalue weighted by molar-refractivity contribution is -0.144. The molecule has 0 N–H and O–H groups in total. The molecule has 0 saturated heterocycles. The van der Waals surface area contributed by atoms with Crippen molar-refractivity contribution >= 4 is 26.9 Å². The van der Waals surface area contributed by atoms with Gasteiger partial charge in [-0.05, 0) is 38.8 Å². The first-order chi connectivity index (χ1) is 12.9. The van der Waals surface area contributed by atoms with E-state index in [9.17, 15) is 13.2 Å². The Morgan fingerprint density at radius 1 is 1.30 bits per heavy atom. The second-order valence-electron chi connectivity index (χ2n) is 7.40. The van der Waals surface area contributed by atoms with Gasteiger partial charge in [0.05, 0.1) is 18.0 Å². The minimum absolute atomic E-state index is 0.127. The maximum absolute atomic E-state index is 13.7. The quantitative estimate of drug-likeness (QED) is 0.735. The molecule has 0 spiro atoms. The lowest BCUT2D eigenvalue weighted by Crippen LogP contribution is -2.38. The summed E-state index contributed by atoms with van der Waals surface area (Å²) in [5, 5.41) is 0.865. The van der Waals surface area contributed by atoms with Crippen molar-refractivity contribution in [1.29, 1.82) is 0 Å². The molecule has 2 aliphatic carbocycles. The monoisotopic (exact) mass is 385 g/mol. The number of nitrogens with zero attached hydrogens (tertiary/aromatic N) is 1. The summed E-state index contributed by atoms with van der Waals surface area (Å²) in [7, 11) is -3.72. The smallest absolute Gasteiger partial charge is 0.309 e. The van der Waals surface area contributed by atoms with E-state index in [1.54, 1.807) is 26.0 Å². The van der Waals surface area contributed by atoms with Crippen molar-refractivity contribution in [3.8, 4) is 0 Å². The normalized spacial score (nSPS) is 27.0. The van der Waals surface area contributed by atoms with Crippen LogP contribution in [0.4, 0.5) is 0 Å². The van der Waals surface area contributed by atoms with E-state index in [-0.39, 0.29) is 17.8 Å². The second-order valence-corrected chi connectivity index (χ2v) is 9.65. The fraction of sp³-hybridized carbons (Fsp3) is 0.381. The standard InChI is InChI=1S/C21H23NO4S/c1-3-26-20(23)17-14-16(17)19-13-15-9-5-6-10-18(15)22(19)27(24,25)21(2)11-7-4-8-12-21/h4-11,13,16-17H,3,12,14H2,1-2H3/t16-,17-,21?/m1/s1. The third kappa shape index (κ3) is 2.83.